The van der Waals surface area contributed by atoms with Crippen LogP contribution < -0.4 is 10.6 Å². The van der Waals surface area contributed by atoms with Gasteiger partial charge in [-0.1, -0.05) is 65.0 Å². The highest BCUT2D eigenvalue weighted by Gasteiger charge is 2.44. The number of ether oxygens (including phenoxy) is 1. The van der Waals surface area contributed by atoms with E-state index in [0.717, 1.165) is 5.56 Å². The molecule has 1 aromatic rings. The fraction of sp³-hybridized carbons (Fsp3) is 0.524. The maximum Gasteiger partial charge on any atom is 0.408 e. The maximum atomic E-state index is 12.7. The lowest BCUT2D eigenvalue weighted by molar-refractivity contribution is -0.156. The Hall–Kier alpha value is -3.10. The molecule has 166 valence electrons. The van der Waals surface area contributed by atoms with Crippen molar-refractivity contribution in [2.75, 3.05) is 0 Å². The van der Waals surface area contributed by atoms with Crippen molar-refractivity contribution < 1.29 is 34.1 Å². The minimum atomic E-state index is -1.67. The van der Waals surface area contributed by atoms with E-state index in [1.165, 1.54) is 0 Å². The van der Waals surface area contributed by atoms with Gasteiger partial charge in [0.05, 0.1) is 5.92 Å². The van der Waals surface area contributed by atoms with Crippen LogP contribution >= 0.6 is 0 Å². The smallest absolute Gasteiger partial charge is 0.408 e. The highest BCUT2D eigenvalue weighted by Crippen LogP contribution is 2.29. The van der Waals surface area contributed by atoms with Gasteiger partial charge in [-0.25, -0.2) is 9.59 Å². The summed E-state index contributed by atoms with van der Waals surface area (Å²) < 4.78 is 5.11. The molecule has 0 aliphatic rings. The predicted molar refractivity (Wildman–Crippen MR) is 109 cm³/mol. The lowest BCUT2D eigenvalue weighted by Gasteiger charge is -2.33. The molecule has 2 amide bonds. The molecule has 0 saturated heterocycles. The fourth-order valence-electron chi connectivity index (χ4n) is 2.97. The second-order valence-corrected chi connectivity index (χ2v) is 8.43. The summed E-state index contributed by atoms with van der Waals surface area (Å²) in [4.78, 5) is 48.2. The van der Waals surface area contributed by atoms with Crippen molar-refractivity contribution >= 4 is 23.9 Å². The van der Waals surface area contributed by atoms with E-state index in [9.17, 15) is 29.4 Å². The first-order valence-corrected chi connectivity index (χ1v) is 9.57. The number of alkyl carbamates (subject to hydrolysis) is 1. The first-order valence-electron chi connectivity index (χ1n) is 9.57. The van der Waals surface area contributed by atoms with E-state index in [1.54, 1.807) is 58.9 Å². The molecular weight excluding hydrogens is 392 g/mol. The van der Waals surface area contributed by atoms with Crippen LogP contribution in [0, 0.1) is 17.3 Å². The minimum Gasteiger partial charge on any atom is -0.481 e. The van der Waals surface area contributed by atoms with Crippen LogP contribution in [0.4, 0.5) is 4.79 Å². The first kappa shape index (κ1) is 24.9. The normalized spacial score (nSPS) is 14.3. The van der Waals surface area contributed by atoms with E-state index in [0.29, 0.717) is 0 Å². The Labute approximate surface area is 175 Å². The van der Waals surface area contributed by atoms with Gasteiger partial charge in [0.25, 0.3) is 0 Å². The lowest BCUT2D eigenvalue weighted by atomic mass is 9.76. The number of carbonyl (C=O) groups is 4. The molecule has 0 fully saturated rings. The minimum absolute atomic E-state index is 0.00196. The average molecular weight is 422 g/mol. The van der Waals surface area contributed by atoms with Crippen molar-refractivity contribution in [3.8, 4) is 0 Å². The summed E-state index contributed by atoms with van der Waals surface area (Å²) in [7, 11) is 0. The molecule has 1 aromatic carbocycles. The molecule has 0 radical (unpaired) electrons. The van der Waals surface area contributed by atoms with E-state index in [-0.39, 0.29) is 6.61 Å². The van der Waals surface area contributed by atoms with Gasteiger partial charge in [0, 0.05) is 0 Å². The van der Waals surface area contributed by atoms with E-state index in [1.807, 2.05) is 6.07 Å². The molecule has 0 aliphatic heterocycles. The third kappa shape index (κ3) is 7.38. The van der Waals surface area contributed by atoms with Gasteiger partial charge in [-0.3, -0.25) is 9.59 Å². The van der Waals surface area contributed by atoms with E-state index in [4.69, 9.17) is 4.74 Å². The van der Waals surface area contributed by atoms with Crippen molar-refractivity contribution in [1.29, 1.82) is 0 Å². The molecule has 9 heteroatoms. The molecule has 1 rings (SSSR count). The van der Waals surface area contributed by atoms with Crippen LogP contribution in [0.15, 0.2) is 30.3 Å². The number of hydrogen-bond donors (Lipinski definition) is 4. The Kier molecular flexibility index (Phi) is 8.82. The van der Waals surface area contributed by atoms with Gasteiger partial charge in [0.15, 0.2) is 0 Å². The number of benzene rings is 1. The van der Waals surface area contributed by atoms with Gasteiger partial charge in [0.2, 0.25) is 5.91 Å². The first-order chi connectivity index (χ1) is 13.8. The molecule has 30 heavy (non-hydrogen) atoms. The quantitative estimate of drug-likeness (QED) is 0.478. The topological polar surface area (TPSA) is 142 Å². The molecule has 0 saturated carbocycles. The Balaban J connectivity index is 2.89. The lowest BCUT2D eigenvalue weighted by Crippen LogP contribution is -2.58. The molecule has 9 nitrogen and oxygen atoms in total. The standard InChI is InChI=1S/C21H30N2O7/c1-12(2)15(23-20(29)30-11-13-9-7-6-8-10-13)17(24)22-16(19(27)28)14(18(25)26)21(3,4)5/h6-10,12,14-16H,11H2,1-5H3,(H,22,24)(H,23,29)(H,25,26)(H,27,28)/t14?,15-,16-/m0/s1. The van der Waals surface area contributed by atoms with Crippen molar-refractivity contribution in [3.63, 3.8) is 0 Å². The van der Waals surface area contributed by atoms with Crippen LogP contribution in [0.25, 0.3) is 0 Å². The van der Waals surface area contributed by atoms with Crippen molar-refractivity contribution in [2.45, 2.75) is 53.3 Å². The second-order valence-electron chi connectivity index (χ2n) is 8.43. The number of amides is 2. The Morgan fingerprint density at radius 1 is 0.933 bits per heavy atom. The number of nitrogens with one attached hydrogen (secondary N) is 2. The number of rotatable bonds is 9. The largest absolute Gasteiger partial charge is 0.481 e. The molecule has 1 unspecified atom stereocenters. The Morgan fingerprint density at radius 3 is 1.93 bits per heavy atom. The summed E-state index contributed by atoms with van der Waals surface area (Å²) in [5.74, 6) is -5.39. The van der Waals surface area contributed by atoms with E-state index >= 15 is 0 Å². The zero-order chi connectivity index (χ0) is 23.1. The SMILES string of the molecule is CC(C)[C@H](NC(=O)OCc1ccccc1)C(=O)N[C@H](C(=O)O)C(C(=O)O)C(C)(C)C. The van der Waals surface area contributed by atoms with Gasteiger partial charge in [0.1, 0.15) is 18.7 Å². The summed E-state index contributed by atoms with van der Waals surface area (Å²) in [6.07, 6.45) is -0.842. The molecule has 0 aromatic heterocycles. The fourth-order valence-corrected chi connectivity index (χ4v) is 2.97. The van der Waals surface area contributed by atoms with Gasteiger partial charge in [-0.2, -0.15) is 0 Å². The Bertz CT molecular complexity index is 756. The number of hydrogen-bond acceptors (Lipinski definition) is 5. The highest BCUT2D eigenvalue weighted by atomic mass is 16.5. The zero-order valence-electron chi connectivity index (χ0n) is 17.8. The summed E-state index contributed by atoms with van der Waals surface area (Å²) in [6, 6.07) is 6.18. The molecular formula is C21H30N2O7. The summed E-state index contributed by atoms with van der Waals surface area (Å²) >= 11 is 0. The second kappa shape index (κ2) is 10.6. The van der Waals surface area contributed by atoms with Gasteiger partial charge >= 0.3 is 18.0 Å². The molecule has 0 aliphatic carbocycles. The molecule has 0 spiro atoms. The van der Waals surface area contributed by atoms with E-state index in [2.05, 4.69) is 10.6 Å². The van der Waals surface area contributed by atoms with Crippen molar-refractivity contribution in [3.05, 3.63) is 35.9 Å². The molecule has 3 atom stereocenters. The van der Waals surface area contributed by atoms with Crippen LogP contribution in [0.2, 0.25) is 0 Å². The highest BCUT2D eigenvalue weighted by molar-refractivity contribution is 5.91. The summed E-state index contributed by atoms with van der Waals surface area (Å²) in [5.41, 5.74) is -0.170. The third-order valence-electron chi connectivity index (χ3n) is 4.53. The molecule has 4 N–H and O–H groups in total. The van der Waals surface area contributed by atoms with Crippen LogP contribution in [-0.2, 0) is 25.7 Å². The summed E-state index contributed by atoms with van der Waals surface area (Å²) in [5, 5.41) is 23.7. The number of carbonyl (C=O) groups excluding carboxylic acids is 2. The van der Waals surface area contributed by atoms with Crippen LogP contribution in [0.3, 0.4) is 0 Å². The van der Waals surface area contributed by atoms with Crippen LogP contribution in [0.5, 0.6) is 0 Å². The maximum absolute atomic E-state index is 12.7. The number of carboxylic acid groups (broad SMARTS) is 2. The van der Waals surface area contributed by atoms with Gasteiger partial charge in [-0.15, -0.1) is 0 Å². The van der Waals surface area contributed by atoms with Crippen LogP contribution in [-0.4, -0.2) is 46.2 Å². The Morgan fingerprint density at radius 2 is 1.50 bits per heavy atom. The van der Waals surface area contributed by atoms with E-state index < -0.39 is 53.3 Å². The predicted octanol–water partition coefficient (Wildman–Crippen LogP) is 2.25. The van der Waals surface area contributed by atoms with Crippen molar-refractivity contribution in [1.82, 2.24) is 10.6 Å². The zero-order valence-corrected chi connectivity index (χ0v) is 17.8. The van der Waals surface area contributed by atoms with Gasteiger partial charge < -0.3 is 25.6 Å². The molecule has 0 heterocycles. The van der Waals surface area contributed by atoms with Crippen LogP contribution in [0.1, 0.15) is 40.2 Å². The molecule has 0 bridgehead atoms. The average Bonchev–Trinajstić information content (AvgIpc) is 2.62. The number of carboxylic acids is 2. The third-order valence-corrected chi connectivity index (χ3v) is 4.53. The van der Waals surface area contributed by atoms with Crippen molar-refractivity contribution in [2.24, 2.45) is 17.3 Å². The summed E-state index contributed by atoms with van der Waals surface area (Å²) in [6.45, 7) is 8.06. The number of aliphatic carboxylic acids is 2. The van der Waals surface area contributed by atoms with Gasteiger partial charge in [-0.05, 0) is 16.9 Å². The monoisotopic (exact) mass is 422 g/mol.